The minimum absolute atomic E-state index is 0.100. The molecule has 0 heterocycles. The van der Waals surface area contributed by atoms with Crippen LogP contribution in [0.1, 0.15) is 37.6 Å². The Labute approximate surface area is 126 Å². The number of benzene rings is 1. The summed E-state index contributed by atoms with van der Waals surface area (Å²) in [5.41, 5.74) is -0.130. The molecule has 4 nitrogen and oxygen atoms in total. The maximum Gasteiger partial charge on any atom is 0.261 e. The molecule has 7 heteroatoms. The van der Waals surface area contributed by atoms with Gasteiger partial charge in [-0.3, -0.25) is 4.79 Å². The Balaban J connectivity index is 3.17. The number of nitrogens with one attached hydrogen (secondary N) is 1. The lowest BCUT2D eigenvalue weighted by molar-refractivity contribution is 0.0910. The Hall–Kier alpha value is -0.590. The van der Waals surface area contributed by atoms with E-state index in [9.17, 15) is 13.2 Å². The summed E-state index contributed by atoms with van der Waals surface area (Å²) < 4.78 is 23.1. The normalized spacial score (nSPS) is 12.3. The van der Waals surface area contributed by atoms with E-state index in [2.05, 4.69) is 21.2 Å². The molecule has 0 aromatic heterocycles. The van der Waals surface area contributed by atoms with Crippen molar-refractivity contribution >= 4 is 41.6 Å². The molecule has 0 unspecified atom stereocenters. The van der Waals surface area contributed by atoms with Gasteiger partial charge in [-0.25, -0.2) is 8.42 Å². The van der Waals surface area contributed by atoms with E-state index >= 15 is 0 Å². The van der Waals surface area contributed by atoms with Crippen molar-refractivity contribution in [2.45, 2.75) is 37.6 Å². The number of halogens is 2. The Morgan fingerprint density at radius 2 is 2.00 bits per heavy atom. The van der Waals surface area contributed by atoms with Crippen LogP contribution < -0.4 is 5.32 Å². The molecule has 106 valence electrons. The van der Waals surface area contributed by atoms with Gasteiger partial charge < -0.3 is 5.32 Å². The summed E-state index contributed by atoms with van der Waals surface area (Å²) in [5, 5.41) is 2.83. The highest BCUT2D eigenvalue weighted by molar-refractivity contribution is 9.10. The summed E-state index contributed by atoms with van der Waals surface area (Å²) in [6.45, 7) is 5.73. The first kappa shape index (κ1) is 16.5. The molecule has 1 rings (SSSR count). The second kappa shape index (κ2) is 5.81. The smallest absolute Gasteiger partial charge is 0.261 e. The van der Waals surface area contributed by atoms with E-state index in [4.69, 9.17) is 10.7 Å². The van der Waals surface area contributed by atoms with Gasteiger partial charge in [-0.15, -0.1) is 0 Å². The molecular formula is C12H15BrClNO3S. The van der Waals surface area contributed by atoms with Crippen LogP contribution in [0, 0.1) is 0 Å². The van der Waals surface area contributed by atoms with Crippen molar-refractivity contribution in [2.24, 2.45) is 0 Å². The highest BCUT2D eigenvalue weighted by Crippen LogP contribution is 2.24. The first-order valence-electron chi connectivity index (χ1n) is 5.63. The van der Waals surface area contributed by atoms with E-state index in [1.165, 1.54) is 18.2 Å². The summed E-state index contributed by atoms with van der Waals surface area (Å²) in [6.07, 6.45) is 0.754. The number of carbonyl (C=O) groups is 1. The van der Waals surface area contributed by atoms with Gasteiger partial charge in [0.2, 0.25) is 0 Å². The average Bonchev–Trinajstić information content (AvgIpc) is 2.27. The molecule has 1 aromatic carbocycles. The van der Waals surface area contributed by atoms with Crippen LogP contribution in [0.5, 0.6) is 0 Å². The summed E-state index contributed by atoms with van der Waals surface area (Å²) in [6, 6.07) is 4.09. The molecule has 1 N–H and O–H groups in total. The monoisotopic (exact) mass is 367 g/mol. The topological polar surface area (TPSA) is 63.2 Å². The van der Waals surface area contributed by atoms with Gasteiger partial charge in [0.05, 0.1) is 10.5 Å². The molecule has 0 aliphatic heterocycles. The van der Waals surface area contributed by atoms with Crippen molar-refractivity contribution in [3.05, 3.63) is 28.2 Å². The van der Waals surface area contributed by atoms with Gasteiger partial charge in [0.25, 0.3) is 15.0 Å². The molecule has 0 aliphatic carbocycles. The number of amides is 1. The SMILES string of the molecule is CCC(C)(C)NC(=O)c1cc(S(=O)(=O)Cl)ccc1Br. The van der Waals surface area contributed by atoms with Gasteiger partial charge in [-0.1, -0.05) is 6.92 Å². The van der Waals surface area contributed by atoms with Crippen molar-refractivity contribution in [2.75, 3.05) is 0 Å². The van der Waals surface area contributed by atoms with Crippen molar-refractivity contribution in [1.82, 2.24) is 5.32 Å². The summed E-state index contributed by atoms with van der Waals surface area (Å²) in [5.74, 6) is -0.346. The maximum atomic E-state index is 12.1. The summed E-state index contributed by atoms with van der Waals surface area (Å²) in [7, 11) is 1.42. The van der Waals surface area contributed by atoms with Gasteiger partial charge in [0.15, 0.2) is 0 Å². The molecule has 0 radical (unpaired) electrons. The first-order chi connectivity index (χ1) is 8.57. The van der Waals surface area contributed by atoms with Gasteiger partial charge in [0.1, 0.15) is 0 Å². The highest BCUT2D eigenvalue weighted by Gasteiger charge is 2.22. The van der Waals surface area contributed by atoms with E-state index in [0.717, 1.165) is 6.42 Å². The van der Waals surface area contributed by atoms with Crippen molar-refractivity contribution in [3.8, 4) is 0 Å². The fraction of sp³-hybridized carbons (Fsp3) is 0.417. The van der Waals surface area contributed by atoms with Crippen molar-refractivity contribution in [1.29, 1.82) is 0 Å². The molecule has 0 bridgehead atoms. The predicted octanol–water partition coefficient (Wildman–Crippen LogP) is 3.30. The predicted molar refractivity (Wildman–Crippen MR) is 79.0 cm³/mol. The van der Waals surface area contributed by atoms with Gasteiger partial charge in [0, 0.05) is 20.7 Å². The van der Waals surface area contributed by atoms with E-state index < -0.39 is 9.05 Å². The molecular weight excluding hydrogens is 354 g/mol. The molecule has 0 fully saturated rings. The molecule has 1 aromatic rings. The third-order valence-corrected chi connectivity index (χ3v) is 4.84. The second-order valence-corrected chi connectivity index (χ2v) is 8.19. The van der Waals surface area contributed by atoms with Crippen LogP contribution in [0.25, 0.3) is 0 Å². The van der Waals surface area contributed by atoms with Crippen LogP contribution in [-0.2, 0) is 9.05 Å². The van der Waals surface area contributed by atoms with Crippen LogP contribution in [0.15, 0.2) is 27.6 Å². The molecule has 0 saturated heterocycles. The quantitative estimate of drug-likeness (QED) is 0.829. The van der Waals surface area contributed by atoms with E-state index in [1.807, 2.05) is 20.8 Å². The Bertz CT molecular complexity index is 599. The number of hydrogen-bond donors (Lipinski definition) is 1. The second-order valence-electron chi connectivity index (χ2n) is 4.77. The molecule has 19 heavy (non-hydrogen) atoms. The van der Waals surface area contributed by atoms with Crippen LogP contribution >= 0.6 is 26.6 Å². The number of carbonyl (C=O) groups excluding carboxylic acids is 1. The van der Waals surface area contributed by atoms with Crippen molar-refractivity contribution in [3.63, 3.8) is 0 Å². The Kier molecular flexibility index (Phi) is 5.03. The van der Waals surface area contributed by atoms with Crippen LogP contribution in [0.4, 0.5) is 0 Å². The third-order valence-electron chi connectivity index (χ3n) is 2.80. The van der Waals surface area contributed by atoms with Crippen LogP contribution in [0.2, 0.25) is 0 Å². The minimum Gasteiger partial charge on any atom is -0.347 e. The van der Waals surface area contributed by atoms with Crippen molar-refractivity contribution < 1.29 is 13.2 Å². The van der Waals surface area contributed by atoms with Gasteiger partial charge in [-0.2, -0.15) is 0 Å². The minimum atomic E-state index is -3.85. The average molecular weight is 369 g/mol. The zero-order valence-electron chi connectivity index (χ0n) is 10.8. The molecule has 1 amide bonds. The lowest BCUT2D eigenvalue weighted by Gasteiger charge is -2.24. The van der Waals surface area contributed by atoms with E-state index in [1.54, 1.807) is 0 Å². The number of hydrogen-bond acceptors (Lipinski definition) is 3. The molecule has 0 aliphatic rings. The zero-order valence-corrected chi connectivity index (χ0v) is 14.0. The first-order valence-corrected chi connectivity index (χ1v) is 8.74. The maximum absolute atomic E-state index is 12.1. The van der Waals surface area contributed by atoms with Gasteiger partial charge >= 0.3 is 0 Å². The zero-order chi connectivity index (χ0) is 14.8. The van der Waals surface area contributed by atoms with E-state index in [-0.39, 0.29) is 21.9 Å². The highest BCUT2D eigenvalue weighted by atomic mass is 79.9. The molecule has 0 atom stereocenters. The van der Waals surface area contributed by atoms with E-state index in [0.29, 0.717) is 4.47 Å². The third kappa shape index (κ3) is 4.47. The lowest BCUT2D eigenvalue weighted by atomic mass is 10.0. The van der Waals surface area contributed by atoms with Crippen LogP contribution in [0.3, 0.4) is 0 Å². The van der Waals surface area contributed by atoms with Crippen LogP contribution in [-0.4, -0.2) is 19.9 Å². The Morgan fingerprint density at radius 1 is 1.42 bits per heavy atom. The number of rotatable bonds is 4. The molecule has 0 spiro atoms. The standard InChI is InChI=1S/C12H15BrClNO3S/c1-4-12(2,3)15-11(16)9-7-8(19(14,17)18)5-6-10(9)13/h5-7H,4H2,1-3H3,(H,15,16). The largest absolute Gasteiger partial charge is 0.347 e. The molecule has 0 saturated carbocycles. The Morgan fingerprint density at radius 3 is 2.47 bits per heavy atom. The summed E-state index contributed by atoms with van der Waals surface area (Å²) >= 11 is 3.23. The summed E-state index contributed by atoms with van der Waals surface area (Å²) in [4.78, 5) is 12.0. The fourth-order valence-electron chi connectivity index (χ4n) is 1.29. The fourth-order valence-corrected chi connectivity index (χ4v) is 2.50. The van der Waals surface area contributed by atoms with Gasteiger partial charge in [-0.05, 0) is 54.4 Å². The lowest BCUT2D eigenvalue weighted by Crippen LogP contribution is -2.42.